The Balaban J connectivity index is 2.86. The lowest BCUT2D eigenvalue weighted by molar-refractivity contribution is 0.101. The number of Topliss-reactive ketones (excluding diaryl/α,β-unsaturated/α-hetero) is 1. The van der Waals surface area contributed by atoms with Crippen LogP contribution in [0.5, 0.6) is 5.75 Å². The first-order valence-corrected chi connectivity index (χ1v) is 5.24. The molecule has 0 aliphatic heterocycles. The molecule has 2 rings (SSSR count). The Kier molecular flexibility index (Phi) is 2.64. The zero-order chi connectivity index (χ0) is 11.7. The molecule has 0 aromatic carbocycles. The zero-order valence-corrected chi connectivity index (χ0v) is 9.65. The average molecular weight is 218 g/mol. The Hall–Kier alpha value is -1.84. The lowest BCUT2D eigenvalue weighted by Crippen LogP contribution is -1.97. The van der Waals surface area contributed by atoms with Crippen LogP contribution in [-0.4, -0.2) is 22.5 Å². The number of hydrogen-bond acceptors (Lipinski definition) is 3. The normalized spacial score (nSPS) is 10.7. The molecular formula is C12H14N2O2. The number of carbonyl (C=O) groups is 1. The van der Waals surface area contributed by atoms with E-state index in [0.717, 1.165) is 17.6 Å². The van der Waals surface area contributed by atoms with Gasteiger partial charge >= 0.3 is 0 Å². The number of methoxy groups -OCH3 is 1. The number of carbonyl (C=O) groups excluding carboxylic acids is 1. The fourth-order valence-electron chi connectivity index (χ4n) is 1.90. The molecule has 0 atom stereocenters. The van der Waals surface area contributed by atoms with E-state index in [4.69, 9.17) is 4.74 Å². The highest BCUT2D eigenvalue weighted by Crippen LogP contribution is 2.26. The van der Waals surface area contributed by atoms with Crippen molar-refractivity contribution in [2.45, 2.75) is 20.3 Å². The zero-order valence-electron chi connectivity index (χ0n) is 9.65. The maximum absolute atomic E-state index is 11.7. The summed E-state index contributed by atoms with van der Waals surface area (Å²) < 4.78 is 6.97. The van der Waals surface area contributed by atoms with Gasteiger partial charge in [0.2, 0.25) is 0 Å². The van der Waals surface area contributed by atoms with Gasteiger partial charge in [-0.1, -0.05) is 6.92 Å². The first kappa shape index (κ1) is 10.7. The van der Waals surface area contributed by atoms with Gasteiger partial charge in [0.25, 0.3) is 0 Å². The van der Waals surface area contributed by atoms with E-state index in [1.54, 1.807) is 18.5 Å². The molecule has 16 heavy (non-hydrogen) atoms. The molecule has 0 amide bonds. The largest absolute Gasteiger partial charge is 0.494 e. The Labute approximate surface area is 93.8 Å². The van der Waals surface area contributed by atoms with Crippen LogP contribution in [0.2, 0.25) is 0 Å². The molecule has 2 heterocycles. The quantitative estimate of drug-likeness (QED) is 0.741. The summed E-state index contributed by atoms with van der Waals surface area (Å²) in [6, 6.07) is 3.69. The third-order valence-corrected chi connectivity index (χ3v) is 2.60. The smallest absolute Gasteiger partial charge is 0.164 e. The molecule has 0 saturated carbocycles. The molecule has 4 nitrogen and oxygen atoms in total. The SMILES string of the molecule is CCc1nn2cccc(OC)c2c1C(C)=O. The molecule has 4 heteroatoms. The van der Waals surface area contributed by atoms with Gasteiger partial charge in [0.15, 0.2) is 5.78 Å². The van der Waals surface area contributed by atoms with Crippen molar-refractivity contribution in [2.75, 3.05) is 7.11 Å². The predicted molar refractivity (Wildman–Crippen MR) is 61.1 cm³/mol. The predicted octanol–water partition coefficient (Wildman–Crippen LogP) is 2.11. The fraction of sp³-hybridized carbons (Fsp3) is 0.333. The molecule has 0 aliphatic rings. The van der Waals surface area contributed by atoms with Gasteiger partial charge < -0.3 is 4.74 Å². The standard InChI is InChI=1S/C12H14N2O2/c1-4-9-11(8(2)15)12-10(16-3)6-5-7-14(12)13-9/h5-7H,4H2,1-3H3. The van der Waals surface area contributed by atoms with Gasteiger partial charge in [0, 0.05) is 6.20 Å². The van der Waals surface area contributed by atoms with Crippen LogP contribution < -0.4 is 4.74 Å². The van der Waals surface area contributed by atoms with Crippen LogP contribution >= 0.6 is 0 Å². The van der Waals surface area contributed by atoms with Crippen LogP contribution in [0.15, 0.2) is 18.3 Å². The van der Waals surface area contributed by atoms with Gasteiger partial charge in [-0.3, -0.25) is 4.79 Å². The lowest BCUT2D eigenvalue weighted by atomic mass is 10.1. The molecule has 0 bridgehead atoms. The highest BCUT2D eigenvalue weighted by atomic mass is 16.5. The summed E-state index contributed by atoms with van der Waals surface area (Å²) >= 11 is 0. The molecule has 0 N–H and O–H groups in total. The van der Waals surface area contributed by atoms with E-state index in [9.17, 15) is 4.79 Å². The van der Waals surface area contributed by atoms with E-state index in [1.165, 1.54) is 0 Å². The van der Waals surface area contributed by atoms with E-state index in [0.29, 0.717) is 11.3 Å². The van der Waals surface area contributed by atoms with Crippen LogP contribution in [0.3, 0.4) is 0 Å². The molecule has 0 aliphatic carbocycles. The second kappa shape index (κ2) is 3.96. The van der Waals surface area contributed by atoms with Crippen molar-refractivity contribution in [3.05, 3.63) is 29.6 Å². The van der Waals surface area contributed by atoms with Crippen LogP contribution in [0.1, 0.15) is 29.9 Å². The second-order valence-corrected chi connectivity index (χ2v) is 3.60. The summed E-state index contributed by atoms with van der Waals surface area (Å²) in [5.41, 5.74) is 2.24. The Morgan fingerprint density at radius 3 is 2.88 bits per heavy atom. The molecule has 0 spiro atoms. The summed E-state index contributed by atoms with van der Waals surface area (Å²) in [5.74, 6) is 0.705. The maximum Gasteiger partial charge on any atom is 0.164 e. The number of ketones is 1. The molecule has 2 aromatic heterocycles. The van der Waals surface area contributed by atoms with Crippen molar-refractivity contribution in [3.63, 3.8) is 0 Å². The van der Waals surface area contributed by atoms with Crippen LogP contribution in [0.4, 0.5) is 0 Å². The minimum atomic E-state index is 0.0244. The molecule has 0 radical (unpaired) electrons. The molecule has 84 valence electrons. The first-order chi connectivity index (χ1) is 7.69. The Bertz CT molecular complexity index is 543. The van der Waals surface area contributed by atoms with Gasteiger partial charge in [-0.15, -0.1) is 0 Å². The molecular weight excluding hydrogens is 204 g/mol. The lowest BCUT2D eigenvalue weighted by Gasteiger charge is -2.03. The van der Waals surface area contributed by atoms with E-state index in [2.05, 4.69) is 5.10 Å². The Morgan fingerprint density at radius 1 is 1.56 bits per heavy atom. The summed E-state index contributed by atoms with van der Waals surface area (Å²) in [6.07, 6.45) is 2.56. The minimum Gasteiger partial charge on any atom is -0.494 e. The second-order valence-electron chi connectivity index (χ2n) is 3.60. The molecule has 0 saturated heterocycles. The van der Waals surface area contributed by atoms with Gasteiger partial charge in [-0.2, -0.15) is 5.10 Å². The highest BCUT2D eigenvalue weighted by molar-refractivity contribution is 6.03. The van der Waals surface area contributed by atoms with Gasteiger partial charge in [-0.25, -0.2) is 4.52 Å². The van der Waals surface area contributed by atoms with Crippen LogP contribution in [0.25, 0.3) is 5.52 Å². The van der Waals surface area contributed by atoms with E-state index >= 15 is 0 Å². The minimum absolute atomic E-state index is 0.0244. The number of rotatable bonds is 3. The third kappa shape index (κ3) is 1.46. The Morgan fingerprint density at radius 2 is 2.31 bits per heavy atom. The average Bonchev–Trinajstić information content (AvgIpc) is 2.66. The van der Waals surface area contributed by atoms with Crippen molar-refractivity contribution < 1.29 is 9.53 Å². The van der Waals surface area contributed by atoms with Gasteiger partial charge in [-0.05, 0) is 25.5 Å². The summed E-state index contributed by atoms with van der Waals surface area (Å²) in [6.45, 7) is 3.54. The van der Waals surface area contributed by atoms with E-state index in [-0.39, 0.29) is 5.78 Å². The van der Waals surface area contributed by atoms with E-state index < -0.39 is 0 Å². The van der Waals surface area contributed by atoms with Gasteiger partial charge in [0.05, 0.1) is 18.4 Å². The van der Waals surface area contributed by atoms with Crippen molar-refractivity contribution >= 4 is 11.3 Å². The number of nitrogens with zero attached hydrogens (tertiary/aromatic N) is 2. The summed E-state index contributed by atoms with van der Waals surface area (Å²) in [5, 5.41) is 4.38. The van der Waals surface area contributed by atoms with Crippen molar-refractivity contribution in [1.82, 2.24) is 9.61 Å². The molecule has 2 aromatic rings. The van der Waals surface area contributed by atoms with Crippen molar-refractivity contribution in [3.8, 4) is 5.75 Å². The van der Waals surface area contributed by atoms with Crippen LogP contribution in [-0.2, 0) is 6.42 Å². The van der Waals surface area contributed by atoms with Crippen molar-refractivity contribution in [1.29, 1.82) is 0 Å². The number of hydrogen-bond donors (Lipinski definition) is 0. The van der Waals surface area contributed by atoms with Crippen molar-refractivity contribution in [2.24, 2.45) is 0 Å². The summed E-state index contributed by atoms with van der Waals surface area (Å²) in [4.78, 5) is 11.7. The van der Waals surface area contributed by atoms with Crippen LogP contribution in [0, 0.1) is 0 Å². The fourth-order valence-corrected chi connectivity index (χ4v) is 1.90. The maximum atomic E-state index is 11.7. The number of ether oxygens (including phenoxy) is 1. The number of pyridine rings is 1. The number of fused-ring (bicyclic) bond motifs is 1. The highest BCUT2D eigenvalue weighted by Gasteiger charge is 2.18. The monoisotopic (exact) mass is 218 g/mol. The van der Waals surface area contributed by atoms with E-state index in [1.807, 2.05) is 25.3 Å². The third-order valence-electron chi connectivity index (χ3n) is 2.60. The first-order valence-electron chi connectivity index (χ1n) is 5.24. The summed E-state index contributed by atoms with van der Waals surface area (Å²) in [7, 11) is 1.60. The number of aryl methyl sites for hydroxylation is 1. The molecule has 0 unspecified atom stereocenters. The number of aromatic nitrogens is 2. The molecule has 0 fully saturated rings. The topological polar surface area (TPSA) is 43.6 Å². The van der Waals surface area contributed by atoms with Gasteiger partial charge in [0.1, 0.15) is 11.3 Å².